The first kappa shape index (κ1) is 11.6. The topological polar surface area (TPSA) is 83.0 Å². The lowest BCUT2D eigenvalue weighted by Crippen LogP contribution is -2.09. The third-order valence-electron chi connectivity index (χ3n) is 2.09. The van der Waals surface area contributed by atoms with E-state index >= 15 is 0 Å². The van der Waals surface area contributed by atoms with Gasteiger partial charge in [-0.2, -0.15) is 0 Å². The second kappa shape index (κ2) is 4.54. The van der Waals surface area contributed by atoms with Gasteiger partial charge in [-0.05, 0) is 13.8 Å². The highest BCUT2D eigenvalue weighted by molar-refractivity contribution is 7.12. The first-order valence-corrected chi connectivity index (χ1v) is 5.94. The summed E-state index contributed by atoms with van der Waals surface area (Å²) < 4.78 is 6.42. The number of esters is 1. The molecular formula is C10H12N4O2S. The van der Waals surface area contributed by atoms with Crippen molar-refractivity contribution < 1.29 is 9.53 Å². The van der Waals surface area contributed by atoms with Crippen LogP contribution < -0.4 is 5.73 Å². The van der Waals surface area contributed by atoms with Crippen LogP contribution in [0.15, 0.2) is 11.7 Å². The fourth-order valence-corrected chi connectivity index (χ4v) is 2.10. The average molecular weight is 252 g/mol. The number of aromatic nitrogens is 3. The minimum absolute atomic E-state index is 0.125. The van der Waals surface area contributed by atoms with E-state index in [0.717, 1.165) is 5.69 Å². The van der Waals surface area contributed by atoms with Gasteiger partial charge in [-0.3, -0.25) is 4.57 Å². The van der Waals surface area contributed by atoms with Crippen LogP contribution in [-0.2, 0) is 4.74 Å². The fraction of sp³-hybridized carbons (Fsp3) is 0.300. The fourth-order valence-electron chi connectivity index (χ4n) is 1.32. The number of thiazole rings is 1. The lowest BCUT2D eigenvalue weighted by atomic mass is 10.4. The van der Waals surface area contributed by atoms with E-state index in [4.69, 9.17) is 10.5 Å². The van der Waals surface area contributed by atoms with E-state index in [1.807, 2.05) is 12.3 Å². The van der Waals surface area contributed by atoms with Crippen molar-refractivity contribution >= 4 is 23.1 Å². The summed E-state index contributed by atoms with van der Waals surface area (Å²) in [5, 5.41) is 2.58. The van der Waals surface area contributed by atoms with Crippen molar-refractivity contribution in [2.75, 3.05) is 12.3 Å². The highest BCUT2D eigenvalue weighted by Crippen LogP contribution is 2.20. The number of carbonyl (C=O) groups excluding carboxylic acids is 1. The quantitative estimate of drug-likeness (QED) is 0.835. The van der Waals surface area contributed by atoms with Gasteiger partial charge in [0.25, 0.3) is 0 Å². The Balaban J connectivity index is 2.36. The van der Waals surface area contributed by atoms with Crippen molar-refractivity contribution in [2.24, 2.45) is 0 Å². The summed E-state index contributed by atoms with van der Waals surface area (Å²) in [7, 11) is 0. The molecule has 2 N–H and O–H groups in total. The van der Waals surface area contributed by atoms with Gasteiger partial charge in [-0.25, -0.2) is 14.8 Å². The SMILES string of the molecule is CCOC(=O)c1ncn(-c2nc(C)cs2)c1N. The molecule has 0 saturated carbocycles. The third kappa shape index (κ3) is 2.14. The summed E-state index contributed by atoms with van der Waals surface area (Å²) in [4.78, 5) is 19.7. The van der Waals surface area contributed by atoms with Crippen molar-refractivity contribution in [2.45, 2.75) is 13.8 Å². The van der Waals surface area contributed by atoms with Crippen molar-refractivity contribution in [3.05, 3.63) is 23.1 Å². The van der Waals surface area contributed by atoms with Gasteiger partial charge in [0, 0.05) is 5.38 Å². The summed E-state index contributed by atoms with van der Waals surface area (Å²) in [6.45, 7) is 3.91. The zero-order valence-electron chi connectivity index (χ0n) is 9.51. The summed E-state index contributed by atoms with van der Waals surface area (Å²) in [5.74, 6) is -0.269. The van der Waals surface area contributed by atoms with Crippen LogP contribution in [-0.4, -0.2) is 27.1 Å². The molecule has 0 radical (unpaired) electrons. The molecule has 2 rings (SSSR count). The average Bonchev–Trinajstić information content (AvgIpc) is 2.85. The molecule has 0 aliphatic rings. The standard InChI is InChI=1S/C10H12N4O2S/c1-3-16-9(15)7-8(11)14(5-12-7)10-13-6(2)4-17-10/h4-5H,3,11H2,1-2H3. The van der Waals surface area contributed by atoms with Gasteiger partial charge in [0.1, 0.15) is 12.1 Å². The van der Waals surface area contributed by atoms with E-state index in [0.29, 0.717) is 11.7 Å². The van der Waals surface area contributed by atoms with Crippen molar-refractivity contribution in [1.82, 2.24) is 14.5 Å². The molecule has 0 unspecified atom stereocenters. The highest BCUT2D eigenvalue weighted by Gasteiger charge is 2.18. The molecule has 0 aliphatic heterocycles. The second-order valence-corrected chi connectivity index (χ2v) is 4.18. The number of ether oxygens (including phenoxy) is 1. The lowest BCUT2D eigenvalue weighted by Gasteiger charge is -2.01. The van der Waals surface area contributed by atoms with Gasteiger partial charge in [0.2, 0.25) is 0 Å². The van der Waals surface area contributed by atoms with Crippen LogP contribution in [0.3, 0.4) is 0 Å². The van der Waals surface area contributed by atoms with Crippen LogP contribution in [0.2, 0.25) is 0 Å². The normalized spacial score (nSPS) is 10.5. The van der Waals surface area contributed by atoms with Crippen LogP contribution in [0.25, 0.3) is 5.13 Å². The Kier molecular flexibility index (Phi) is 3.10. The Morgan fingerprint density at radius 1 is 1.65 bits per heavy atom. The maximum atomic E-state index is 11.5. The van der Waals surface area contributed by atoms with Gasteiger partial charge in [0.15, 0.2) is 10.8 Å². The van der Waals surface area contributed by atoms with Crippen molar-refractivity contribution in [3.8, 4) is 5.13 Å². The molecule has 0 aromatic carbocycles. The van der Waals surface area contributed by atoms with E-state index in [2.05, 4.69) is 9.97 Å². The summed E-state index contributed by atoms with van der Waals surface area (Å²) in [6, 6.07) is 0. The van der Waals surface area contributed by atoms with Crippen LogP contribution in [0.4, 0.5) is 5.82 Å². The monoisotopic (exact) mass is 252 g/mol. The number of hydrogen-bond donors (Lipinski definition) is 1. The Labute approximate surface area is 102 Å². The van der Waals surface area contributed by atoms with Gasteiger partial charge in [-0.1, -0.05) is 0 Å². The number of rotatable bonds is 3. The number of anilines is 1. The van der Waals surface area contributed by atoms with E-state index in [-0.39, 0.29) is 11.5 Å². The minimum atomic E-state index is -0.517. The first-order chi connectivity index (χ1) is 8.13. The predicted molar refractivity (Wildman–Crippen MR) is 64.3 cm³/mol. The van der Waals surface area contributed by atoms with Crippen LogP contribution in [0, 0.1) is 6.92 Å². The van der Waals surface area contributed by atoms with Crippen LogP contribution >= 0.6 is 11.3 Å². The molecule has 17 heavy (non-hydrogen) atoms. The van der Waals surface area contributed by atoms with Gasteiger partial charge in [0.05, 0.1) is 12.3 Å². The largest absolute Gasteiger partial charge is 0.461 e. The summed E-state index contributed by atoms with van der Waals surface area (Å²) in [6.07, 6.45) is 1.47. The number of nitrogens with zero attached hydrogens (tertiary/aromatic N) is 3. The Morgan fingerprint density at radius 2 is 2.41 bits per heavy atom. The second-order valence-electron chi connectivity index (χ2n) is 3.34. The molecule has 7 heteroatoms. The molecule has 0 aliphatic carbocycles. The smallest absolute Gasteiger partial charge is 0.360 e. The summed E-state index contributed by atoms with van der Waals surface area (Å²) in [5.41, 5.74) is 6.87. The molecule has 90 valence electrons. The van der Waals surface area contributed by atoms with Crippen LogP contribution in [0.1, 0.15) is 23.1 Å². The van der Waals surface area contributed by atoms with E-state index in [9.17, 15) is 4.79 Å². The maximum absolute atomic E-state index is 11.5. The molecule has 0 bridgehead atoms. The zero-order valence-corrected chi connectivity index (χ0v) is 10.3. The molecule has 2 aromatic rings. The number of hydrogen-bond acceptors (Lipinski definition) is 6. The van der Waals surface area contributed by atoms with E-state index < -0.39 is 5.97 Å². The van der Waals surface area contributed by atoms with Gasteiger partial charge < -0.3 is 10.5 Å². The minimum Gasteiger partial charge on any atom is -0.461 e. The number of imidazole rings is 1. The molecule has 0 spiro atoms. The molecule has 0 atom stereocenters. The Hall–Kier alpha value is -1.89. The highest BCUT2D eigenvalue weighted by atomic mass is 32.1. The van der Waals surface area contributed by atoms with Crippen molar-refractivity contribution in [1.29, 1.82) is 0 Å². The Morgan fingerprint density at radius 3 is 3.00 bits per heavy atom. The number of nitrogen functional groups attached to an aromatic ring is 1. The van der Waals surface area contributed by atoms with Crippen LogP contribution in [0.5, 0.6) is 0 Å². The number of carbonyl (C=O) groups is 1. The zero-order chi connectivity index (χ0) is 12.4. The van der Waals surface area contributed by atoms with E-state index in [1.165, 1.54) is 17.7 Å². The van der Waals surface area contributed by atoms with Crippen molar-refractivity contribution in [3.63, 3.8) is 0 Å². The molecule has 0 amide bonds. The molecule has 2 aromatic heterocycles. The molecule has 6 nitrogen and oxygen atoms in total. The first-order valence-electron chi connectivity index (χ1n) is 5.06. The predicted octanol–water partition coefficient (Wildman–Crippen LogP) is 1.40. The molecule has 2 heterocycles. The molecular weight excluding hydrogens is 240 g/mol. The lowest BCUT2D eigenvalue weighted by molar-refractivity contribution is 0.0521. The number of nitrogens with two attached hydrogens (primary N) is 1. The summed E-state index contributed by atoms with van der Waals surface area (Å²) >= 11 is 1.43. The molecule has 0 saturated heterocycles. The van der Waals surface area contributed by atoms with Gasteiger partial charge in [-0.15, -0.1) is 11.3 Å². The van der Waals surface area contributed by atoms with E-state index in [1.54, 1.807) is 11.5 Å². The maximum Gasteiger partial charge on any atom is 0.360 e. The molecule has 0 fully saturated rings. The number of aryl methyl sites for hydroxylation is 1. The Bertz CT molecular complexity index is 546. The van der Waals surface area contributed by atoms with Gasteiger partial charge >= 0.3 is 5.97 Å². The third-order valence-corrected chi connectivity index (χ3v) is 3.04.